The Morgan fingerprint density at radius 2 is 1.89 bits per heavy atom. The van der Waals surface area contributed by atoms with Gasteiger partial charge in [-0.1, -0.05) is 13.8 Å². The van der Waals surface area contributed by atoms with Crippen molar-refractivity contribution in [3.8, 4) is 0 Å². The molecule has 0 bridgehead atoms. The number of halogens is 2. The standard InChI is InChI=1S/C11H17F2N3O2S/c1-9(2)10-14-5-8-16(10)19(17,18)15-6-3-11(12,13)4-7-15/h5,8-9H,3-4,6-7H2,1-2H3. The fraction of sp³-hybridized carbons (Fsp3) is 0.727. The number of piperidine rings is 1. The minimum Gasteiger partial charge on any atom is -0.240 e. The first kappa shape index (κ1) is 14.4. The van der Waals surface area contributed by atoms with Gasteiger partial charge in [0.15, 0.2) is 0 Å². The molecule has 0 atom stereocenters. The third-order valence-electron chi connectivity index (χ3n) is 3.18. The Bertz CT molecular complexity index is 544. The van der Waals surface area contributed by atoms with Crippen LogP contribution < -0.4 is 0 Å². The van der Waals surface area contributed by atoms with Gasteiger partial charge in [-0.2, -0.15) is 12.7 Å². The average Bonchev–Trinajstić information content (AvgIpc) is 2.77. The van der Waals surface area contributed by atoms with Gasteiger partial charge >= 0.3 is 10.2 Å². The predicted octanol–water partition coefficient (Wildman–Crippen LogP) is 1.83. The Labute approximate surface area is 111 Å². The summed E-state index contributed by atoms with van der Waals surface area (Å²) >= 11 is 0. The molecular formula is C11H17F2N3O2S. The van der Waals surface area contributed by atoms with E-state index >= 15 is 0 Å². The van der Waals surface area contributed by atoms with Crippen molar-refractivity contribution < 1.29 is 17.2 Å². The van der Waals surface area contributed by atoms with E-state index in [2.05, 4.69) is 4.98 Å². The van der Waals surface area contributed by atoms with Gasteiger partial charge in [0.2, 0.25) is 0 Å². The molecule has 5 nitrogen and oxygen atoms in total. The number of nitrogens with zero attached hydrogens (tertiary/aromatic N) is 3. The number of imidazole rings is 1. The average molecular weight is 293 g/mol. The molecule has 0 unspecified atom stereocenters. The highest BCUT2D eigenvalue weighted by Gasteiger charge is 2.39. The summed E-state index contributed by atoms with van der Waals surface area (Å²) in [5.41, 5.74) is 0. The van der Waals surface area contributed by atoms with Gasteiger partial charge in [-0.25, -0.2) is 17.7 Å². The molecule has 0 radical (unpaired) electrons. The molecule has 0 N–H and O–H groups in total. The third-order valence-corrected chi connectivity index (χ3v) is 5.00. The number of aromatic nitrogens is 2. The van der Waals surface area contributed by atoms with Crippen molar-refractivity contribution in [2.75, 3.05) is 13.1 Å². The van der Waals surface area contributed by atoms with Gasteiger partial charge < -0.3 is 0 Å². The molecule has 8 heteroatoms. The van der Waals surface area contributed by atoms with Crippen LogP contribution in [-0.2, 0) is 10.2 Å². The minimum absolute atomic E-state index is 0.0593. The van der Waals surface area contributed by atoms with E-state index in [1.165, 1.54) is 12.4 Å². The third kappa shape index (κ3) is 2.79. The van der Waals surface area contributed by atoms with Crippen LogP contribution in [0.25, 0.3) is 0 Å². The molecule has 0 aromatic carbocycles. The minimum atomic E-state index is -3.79. The maximum atomic E-state index is 13.1. The first-order chi connectivity index (χ1) is 8.74. The molecule has 0 amide bonds. The summed E-state index contributed by atoms with van der Waals surface area (Å²) in [6, 6.07) is 0. The van der Waals surface area contributed by atoms with Crippen LogP contribution in [-0.4, -0.2) is 40.7 Å². The van der Waals surface area contributed by atoms with Gasteiger partial charge in [-0.05, 0) is 0 Å². The van der Waals surface area contributed by atoms with E-state index in [-0.39, 0.29) is 19.0 Å². The lowest BCUT2D eigenvalue weighted by molar-refractivity contribution is -0.0413. The van der Waals surface area contributed by atoms with E-state index in [0.717, 1.165) is 8.28 Å². The fourth-order valence-corrected chi connectivity index (χ4v) is 3.67. The molecule has 2 heterocycles. The van der Waals surface area contributed by atoms with Crippen molar-refractivity contribution in [3.63, 3.8) is 0 Å². The van der Waals surface area contributed by atoms with Crippen molar-refractivity contribution in [1.82, 2.24) is 13.3 Å². The summed E-state index contributed by atoms with van der Waals surface area (Å²) in [5.74, 6) is -2.41. The van der Waals surface area contributed by atoms with E-state index < -0.39 is 29.0 Å². The number of hydrogen-bond donors (Lipinski definition) is 0. The number of hydrogen-bond acceptors (Lipinski definition) is 3. The largest absolute Gasteiger partial charge is 0.308 e. The molecule has 1 saturated heterocycles. The second-order valence-electron chi connectivity index (χ2n) is 5.00. The SMILES string of the molecule is CC(C)c1nccn1S(=O)(=O)N1CCC(F)(F)CC1. The first-order valence-electron chi connectivity index (χ1n) is 6.16. The Hall–Kier alpha value is -1.02. The quantitative estimate of drug-likeness (QED) is 0.854. The van der Waals surface area contributed by atoms with E-state index in [1.807, 2.05) is 13.8 Å². The van der Waals surface area contributed by atoms with Crippen LogP contribution in [0.3, 0.4) is 0 Å². The van der Waals surface area contributed by atoms with Crippen molar-refractivity contribution in [2.24, 2.45) is 0 Å². The Kier molecular flexibility index (Phi) is 3.65. The lowest BCUT2D eigenvalue weighted by Gasteiger charge is -2.31. The summed E-state index contributed by atoms with van der Waals surface area (Å²) in [6.45, 7) is 3.34. The highest BCUT2D eigenvalue weighted by molar-refractivity contribution is 7.87. The maximum absolute atomic E-state index is 13.1. The molecule has 1 aliphatic rings. The molecule has 0 saturated carbocycles. The van der Waals surface area contributed by atoms with Crippen molar-refractivity contribution in [1.29, 1.82) is 0 Å². The number of rotatable bonds is 3. The molecule has 0 spiro atoms. The van der Waals surface area contributed by atoms with E-state index in [4.69, 9.17) is 0 Å². The molecule has 1 aromatic heterocycles. The van der Waals surface area contributed by atoms with Crippen molar-refractivity contribution in [3.05, 3.63) is 18.2 Å². The van der Waals surface area contributed by atoms with E-state index in [0.29, 0.717) is 5.82 Å². The van der Waals surface area contributed by atoms with Crippen LogP contribution in [0.2, 0.25) is 0 Å². The highest BCUT2D eigenvalue weighted by Crippen LogP contribution is 2.29. The van der Waals surface area contributed by atoms with Crippen LogP contribution in [0.15, 0.2) is 12.4 Å². The van der Waals surface area contributed by atoms with Crippen LogP contribution in [0, 0.1) is 0 Å². The summed E-state index contributed by atoms with van der Waals surface area (Å²) in [6.07, 6.45) is 1.90. The molecular weight excluding hydrogens is 276 g/mol. The second-order valence-corrected chi connectivity index (χ2v) is 6.80. The zero-order chi connectivity index (χ0) is 14.3. The maximum Gasteiger partial charge on any atom is 0.308 e. The van der Waals surface area contributed by atoms with Gasteiger partial charge in [0, 0.05) is 44.2 Å². The van der Waals surface area contributed by atoms with Gasteiger partial charge in [-0.3, -0.25) is 0 Å². The smallest absolute Gasteiger partial charge is 0.240 e. The normalized spacial score (nSPS) is 20.9. The van der Waals surface area contributed by atoms with Gasteiger partial charge in [0.1, 0.15) is 5.82 Å². The predicted molar refractivity (Wildman–Crippen MR) is 66.4 cm³/mol. The first-order valence-corrected chi connectivity index (χ1v) is 7.55. The molecule has 2 rings (SSSR count). The highest BCUT2D eigenvalue weighted by atomic mass is 32.2. The molecule has 1 aromatic rings. The molecule has 108 valence electrons. The van der Waals surface area contributed by atoms with E-state index in [9.17, 15) is 17.2 Å². The summed E-state index contributed by atoms with van der Waals surface area (Å²) < 4.78 is 53.1. The number of alkyl halides is 2. The summed E-state index contributed by atoms with van der Waals surface area (Å²) in [5, 5.41) is 0. The van der Waals surface area contributed by atoms with E-state index in [1.54, 1.807) is 0 Å². The Morgan fingerprint density at radius 3 is 2.42 bits per heavy atom. The summed E-state index contributed by atoms with van der Waals surface area (Å²) in [7, 11) is -3.79. The lowest BCUT2D eigenvalue weighted by Crippen LogP contribution is -2.45. The Morgan fingerprint density at radius 1 is 1.32 bits per heavy atom. The topological polar surface area (TPSA) is 55.2 Å². The fourth-order valence-electron chi connectivity index (χ4n) is 2.07. The Balaban J connectivity index is 2.26. The lowest BCUT2D eigenvalue weighted by atomic mass is 10.1. The van der Waals surface area contributed by atoms with Crippen LogP contribution in [0.5, 0.6) is 0 Å². The monoisotopic (exact) mass is 293 g/mol. The summed E-state index contributed by atoms with van der Waals surface area (Å²) in [4.78, 5) is 4.01. The molecule has 1 aliphatic heterocycles. The molecule has 1 fully saturated rings. The zero-order valence-corrected chi connectivity index (χ0v) is 11.7. The van der Waals surface area contributed by atoms with Crippen LogP contribution in [0.1, 0.15) is 38.4 Å². The van der Waals surface area contributed by atoms with Gasteiger partial charge in [-0.15, -0.1) is 0 Å². The van der Waals surface area contributed by atoms with Gasteiger partial charge in [0.05, 0.1) is 0 Å². The second kappa shape index (κ2) is 4.82. The van der Waals surface area contributed by atoms with Gasteiger partial charge in [0.25, 0.3) is 5.92 Å². The zero-order valence-electron chi connectivity index (χ0n) is 10.9. The van der Waals surface area contributed by atoms with Crippen LogP contribution in [0.4, 0.5) is 8.78 Å². The molecule has 0 aliphatic carbocycles. The van der Waals surface area contributed by atoms with Crippen molar-refractivity contribution >= 4 is 10.2 Å². The van der Waals surface area contributed by atoms with Crippen LogP contribution >= 0.6 is 0 Å². The van der Waals surface area contributed by atoms with Crippen molar-refractivity contribution in [2.45, 2.75) is 38.5 Å². The molecule has 19 heavy (non-hydrogen) atoms.